The molecule has 44 heavy (non-hydrogen) atoms. The Balaban J connectivity index is 1.81. The molecule has 0 saturated carbocycles. The second-order valence-electron chi connectivity index (χ2n) is 10.1. The van der Waals surface area contributed by atoms with E-state index in [1.165, 1.54) is 17.0 Å². The molecule has 4 rings (SSSR count). The van der Waals surface area contributed by atoms with Gasteiger partial charge in [0, 0.05) is 34.0 Å². The van der Waals surface area contributed by atoms with Crippen LogP contribution in [0.3, 0.4) is 0 Å². The smallest absolute Gasteiger partial charge is 0.264 e. The molecule has 0 saturated heterocycles. The van der Waals surface area contributed by atoms with Crippen molar-refractivity contribution in [2.24, 2.45) is 0 Å². The Bertz CT molecular complexity index is 1690. The van der Waals surface area contributed by atoms with E-state index in [-0.39, 0.29) is 29.5 Å². The maximum Gasteiger partial charge on any atom is 0.264 e. The lowest BCUT2D eigenvalue weighted by Crippen LogP contribution is -2.53. The minimum Gasteiger partial charge on any atom is -0.354 e. The summed E-state index contributed by atoms with van der Waals surface area (Å²) in [5.74, 6) is -0.933. The van der Waals surface area contributed by atoms with Crippen molar-refractivity contribution in [1.29, 1.82) is 0 Å². The summed E-state index contributed by atoms with van der Waals surface area (Å²) in [7, 11) is -4.18. The van der Waals surface area contributed by atoms with Crippen LogP contribution in [0.4, 0.5) is 5.69 Å². The third-order valence-corrected chi connectivity index (χ3v) is 9.75. The number of amides is 2. The molecular formula is C33H32BrCl2N3O4S. The molecule has 230 valence electrons. The van der Waals surface area contributed by atoms with Gasteiger partial charge in [-0.2, -0.15) is 0 Å². The summed E-state index contributed by atoms with van der Waals surface area (Å²) in [4.78, 5) is 29.6. The van der Waals surface area contributed by atoms with Gasteiger partial charge >= 0.3 is 0 Å². The molecule has 7 nitrogen and oxygen atoms in total. The highest BCUT2D eigenvalue weighted by Gasteiger charge is 2.34. The third-order valence-electron chi connectivity index (χ3n) is 6.88. The molecule has 4 aromatic rings. The van der Waals surface area contributed by atoms with E-state index in [1.54, 1.807) is 60.7 Å². The first-order chi connectivity index (χ1) is 21.1. The minimum absolute atomic E-state index is 0.0293. The molecule has 0 unspecified atom stereocenters. The fourth-order valence-corrected chi connectivity index (χ4v) is 6.92. The predicted octanol–water partition coefficient (Wildman–Crippen LogP) is 7.12. The molecule has 0 fully saturated rings. The zero-order chi connectivity index (χ0) is 31.7. The van der Waals surface area contributed by atoms with E-state index in [9.17, 15) is 18.0 Å². The highest BCUT2D eigenvalue weighted by Crippen LogP contribution is 2.28. The maximum atomic E-state index is 14.4. The Labute approximate surface area is 277 Å². The largest absolute Gasteiger partial charge is 0.354 e. The van der Waals surface area contributed by atoms with E-state index in [2.05, 4.69) is 21.2 Å². The first-order valence-corrected chi connectivity index (χ1v) is 17.0. The van der Waals surface area contributed by atoms with Crippen molar-refractivity contribution in [2.45, 2.75) is 37.2 Å². The fourth-order valence-electron chi connectivity index (χ4n) is 4.63. The summed E-state index contributed by atoms with van der Waals surface area (Å²) in [5.41, 5.74) is 1.69. The van der Waals surface area contributed by atoms with Gasteiger partial charge in [0.25, 0.3) is 10.0 Å². The van der Waals surface area contributed by atoms with Crippen LogP contribution in [0.2, 0.25) is 10.0 Å². The second-order valence-corrected chi connectivity index (χ2v) is 13.7. The summed E-state index contributed by atoms with van der Waals surface area (Å²) >= 11 is 16.1. The van der Waals surface area contributed by atoms with Crippen molar-refractivity contribution in [2.75, 3.05) is 17.4 Å². The molecule has 1 N–H and O–H groups in total. The van der Waals surface area contributed by atoms with E-state index in [0.717, 1.165) is 9.87 Å². The standard InChI is InChI=1S/C33H32BrCl2N3O4S/c1-2-18-37-33(41)31(19-24-10-5-3-6-11-24)38(22-25-16-17-27(35)21-30(25)36)32(40)23-39(28-13-9-12-26(34)20-28)44(42,43)29-14-7-4-8-15-29/h3-17,20-21,31H,2,18-19,22-23H2,1H3,(H,37,41)/t31-/m0/s1. The molecule has 0 spiro atoms. The number of halogens is 3. The van der Waals surface area contributed by atoms with Crippen LogP contribution in [-0.4, -0.2) is 44.3 Å². The first-order valence-electron chi connectivity index (χ1n) is 14.0. The molecule has 0 aliphatic heterocycles. The molecule has 11 heteroatoms. The predicted molar refractivity (Wildman–Crippen MR) is 179 cm³/mol. The van der Waals surface area contributed by atoms with Gasteiger partial charge in [0.05, 0.1) is 10.6 Å². The number of carbonyl (C=O) groups excluding carboxylic acids is 2. The van der Waals surface area contributed by atoms with Gasteiger partial charge in [-0.15, -0.1) is 0 Å². The van der Waals surface area contributed by atoms with Gasteiger partial charge in [-0.05, 0) is 60.0 Å². The molecule has 0 radical (unpaired) electrons. The Morgan fingerprint density at radius 3 is 2.20 bits per heavy atom. The van der Waals surface area contributed by atoms with Crippen molar-refractivity contribution in [3.63, 3.8) is 0 Å². The summed E-state index contributed by atoms with van der Waals surface area (Å²) in [6.45, 7) is 1.74. The van der Waals surface area contributed by atoms with Crippen LogP contribution in [0, 0.1) is 0 Å². The Hall–Kier alpha value is -3.37. The van der Waals surface area contributed by atoms with Crippen LogP contribution in [0.1, 0.15) is 24.5 Å². The highest BCUT2D eigenvalue weighted by molar-refractivity contribution is 9.10. The van der Waals surface area contributed by atoms with Crippen LogP contribution in [-0.2, 0) is 32.6 Å². The average Bonchev–Trinajstić information content (AvgIpc) is 3.02. The second kappa shape index (κ2) is 15.6. The summed E-state index contributed by atoms with van der Waals surface area (Å²) < 4.78 is 29.7. The number of sulfonamides is 1. The van der Waals surface area contributed by atoms with Crippen molar-refractivity contribution in [3.05, 3.63) is 129 Å². The average molecular weight is 718 g/mol. The number of benzene rings is 4. The number of carbonyl (C=O) groups is 2. The molecule has 0 aromatic heterocycles. The molecule has 4 aromatic carbocycles. The highest BCUT2D eigenvalue weighted by atomic mass is 79.9. The van der Waals surface area contributed by atoms with Crippen molar-refractivity contribution < 1.29 is 18.0 Å². The van der Waals surface area contributed by atoms with Crippen LogP contribution in [0.15, 0.2) is 112 Å². The van der Waals surface area contributed by atoms with E-state index in [4.69, 9.17) is 23.2 Å². The molecule has 1 atom stereocenters. The van der Waals surface area contributed by atoms with Crippen LogP contribution in [0.25, 0.3) is 0 Å². The van der Waals surface area contributed by atoms with Gasteiger partial charge in [0.1, 0.15) is 12.6 Å². The number of anilines is 1. The van der Waals surface area contributed by atoms with Crippen molar-refractivity contribution >= 4 is 66.7 Å². The molecule has 0 aliphatic carbocycles. The third kappa shape index (κ3) is 8.63. The van der Waals surface area contributed by atoms with Gasteiger partial charge in [0.2, 0.25) is 11.8 Å². The normalized spacial score (nSPS) is 11.9. The zero-order valence-electron chi connectivity index (χ0n) is 24.0. The lowest BCUT2D eigenvalue weighted by atomic mass is 10.0. The quantitative estimate of drug-likeness (QED) is 0.160. The number of rotatable bonds is 13. The van der Waals surface area contributed by atoms with E-state index in [0.29, 0.717) is 33.0 Å². The van der Waals surface area contributed by atoms with E-state index in [1.807, 2.05) is 37.3 Å². The minimum atomic E-state index is -4.18. The summed E-state index contributed by atoms with van der Waals surface area (Å²) in [6.07, 6.45) is 0.905. The topological polar surface area (TPSA) is 86.8 Å². The molecule has 0 aliphatic rings. The van der Waals surface area contributed by atoms with Gasteiger partial charge in [0.15, 0.2) is 0 Å². The molecule has 0 heterocycles. The Morgan fingerprint density at radius 2 is 1.57 bits per heavy atom. The summed E-state index contributed by atoms with van der Waals surface area (Å²) in [6, 6.07) is 27.9. The SMILES string of the molecule is CCCNC(=O)[C@H](Cc1ccccc1)N(Cc1ccc(Cl)cc1Cl)C(=O)CN(c1cccc(Br)c1)S(=O)(=O)c1ccccc1. The van der Waals surface area contributed by atoms with Crippen LogP contribution < -0.4 is 9.62 Å². The van der Waals surface area contributed by atoms with Crippen molar-refractivity contribution in [3.8, 4) is 0 Å². The lowest BCUT2D eigenvalue weighted by Gasteiger charge is -2.34. The van der Waals surface area contributed by atoms with Gasteiger partial charge < -0.3 is 10.2 Å². The maximum absolute atomic E-state index is 14.4. The number of hydrogen-bond donors (Lipinski definition) is 1. The number of hydrogen-bond acceptors (Lipinski definition) is 4. The molecular weight excluding hydrogens is 685 g/mol. The monoisotopic (exact) mass is 715 g/mol. The number of nitrogens with zero attached hydrogens (tertiary/aromatic N) is 2. The fraction of sp³-hybridized carbons (Fsp3) is 0.212. The van der Waals surface area contributed by atoms with E-state index >= 15 is 0 Å². The van der Waals surface area contributed by atoms with Gasteiger partial charge in [-0.25, -0.2) is 8.42 Å². The van der Waals surface area contributed by atoms with Gasteiger partial charge in [-0.3, -0.25) is 13.9 Å². The van der Waals surface area contributed by atoms with Crippen LogP contribution >= 0.6 is 39.1 Å². The van der Waals surface area contributed by atoms with Crippen LogP contribution in [0.5, 0.6) is 0 Å². The van der Waals surface area contributed by atoms with Gasteiger partial charge in [-0.1, -0.05) is 107 Å². The Morgan fingerprint density at radius 1 is 0.886 bits per heavy atom. The molecule has 0 bridgehead atoms. The zero-order valence-corrected chi connectivity index (χ0v) is 27.9. The number of nitrogens with one attached hydrogen (secondary N) is 1. The first kappa shape index (κ1) is 33.5. The lowest BCUT2D eigenvalue weighted by molar-refractivity contribution is -0.140. The van der Waals surface area contributed by atoms with E-state index < -0.39 is 28.5 Å². The molecule has 2 amide bonds. The Kier molecular flexibility index (Phi) is 11.9. The summed E-state index contributed by atoms with van der Waals surface area (Å²) in [5, 5.41) is 3.67. The van der Waals surface area contributed by atoms with Crippen molar-refractivity contribution in [1.82, 2.24) is 10.2 Å².